The minimum Gasteiger partial charge on any atom is -0.349 e. The molecular weight excluding hydrogens is 264 g/mol. The van der Waals surface area contributed by atoms with Crippen LogP contribution >= 0.6 is 0 Å². The van der Waals surface area contributed by atoms with Crippen LogP contribution in [0, 0.1) is 6.92 Å². The summed E-state index contributed by atoms with van der Waals surface area (Å²) in [5.41, 5.74) is 4.15. The predicted octanol–water partition coefficient (Wildman–Crippen LogP) is 3.31. The molecule has 21 heavy (non-hydrogen) atoms. The second-order valence-electron chi connectivity index (χ2n) is 5.38. The molecule has 0 bridgehead atoms. The number of aldehydes is 1. The van der Waals surface area contributed by atoms with Gasteiger partial charge in [-0.2, -0.15) is 0 Å². The lowest BCUT2D eigenvalue weighted by Crippen LogP contribution is -2.31. The first-order valence-corrected chi connectivity index (χ1v) is 7.02. The van der Waals surface area contributed by atoms with Gasteiger partial charge < -0.3 is 14.3 Å². The van der Waals surface area contributed by atoms with Crippen LogP contribution in [0.3, 0.4) is 0 Å². The largest absolute Gasteiger partial charge is 0.349 e. The van der Waals surface area contributed by atoms with Gasteiger partial charge in [0, 0.05) is 19.1 Å². The van der Waals surface area contributed by atoms with Crippen molar-refractivity contribution in [1.82, 2.24) is 0 Å². The number of carbonyl (C=O) groups excluding carboxylic acids is 1. The SMILES string of the molecule is COC1(Cc2ccc(C)cc2)OC(C=O)c2ccccc21. The molecule has 1 aliphatic rings. The predicted molar refractivity (Wildman–Crippen MR) is 79.9 cm³/mol. The molecule has 2 aromatic carbocycles. The summed E-state index contributed by atoms with van der Waals surface area (Å²) in [7, 11) is 1.62. The van der Waals surface area contributed by atoms with Crippen molar-refractivity contribution in [3.8, 4) is 0 Å². The van der Waals surface area contributed by atoms with Crippen molar-refractivity contribution in [2.75, 3.05) is 7.11 Å². The molecular formula is C18H18O3. The average Bonchev–Trinajstić information content (AvgIpc) is 2.84. The first kappa shape index (κ1) is 14.0. The fraction of sp³-hybridized carbons (Fsp3) is 0.278. The highest BCUT2D eigenvalue weighted by Crippen LogP contribution is 2.45. The molecule has 2 unspecified atom stereocenters. The van der Waals surface area contributed by atoms with E-state index in [1.165, 1.54) is 5.56 Å². The number of ether oxygens (including phenoxy) is 2. The average molecular weight is 282 g/mol. The minimum atomic E-state index is -0.891. The zero-order valence-electron chi connectivity index (χ0n) is 12.2. The molecule has 1 aliphatic heterocycles. The van der Waals surface area contributed by atoms with Gasteiger partial charge >= 0.3 is 0 Å². The quantitative estimate of drug-likeness (QED) is 0.807. The van der Waals surface area contributed by atoms with Gasteiger partial charge in [0.25, 0.3) is 0 Å². The zero-order chi connectivity index (χ0) is 14.9. The standard InChI is InChI=1S/C18H18O3/c1-13-7-9-14(10-8-13)11-18(20-2)16-6-4-3-5-15(16)17(12-19)21-18/h3-10,12,17H,11H2,1-2H3. The van der Waals surface area contributed by atoms with Crippen LogP contribution in [0.2, 0.25) is 0 Å². The summed E-state index contributed by atoms with van der Waals surface area (Å²) in [6.07, 6.45) is 0.839. The van der Waals surface area contributed by atoms with Gasteiger partial charge in [-0.1, -0.05) is 54.1 Å². The molecule has 3 rings (SSSR count). The van der Waals surface area contributed by atoms with Crippen molar-refractivity contribution in [3.63, 3.8) is 0 Å². The van der Waals surface area contributed by atoms with Crippen molar-refractivity contribution >= 4 is 6.29 Å². The molecule has 0 radical (unpaired) electrons. The number of methoxy groups -OCH3 is 1. The number of rotatable bonds is 4. The van der Waals surface area contributed by atoms with E-state index in [0.717, 1.165) is 23.0 Å². The van der Waals surface area contributed by atoms with Gasteiger partial charge in [-0.05, 0) is 18.1 Å². The fourth-order valence-corrected chi connectivity index (χ4v) is 2.87. The smallest absolute Gasteiger partial charge is 0.200 e. The molecule has 2 atom stereocenters. The zero-order valence-corrected chi connectivity index (χ0v) is 12.2. The highest BCUT2D eigenvalue weighted by Gasteiger charge is 2.45. The molecule has 0 saturated heterocycles. The number of hydrogen-bond acceptors (Lipinski definition) is 3. The molecule has 2 aromatic rings. The van der Waals surface area contributed by atoms with E-state index < -0.39 is 11.9 Å². The van der Waals surface area contributed by atoms with E-state index in [-0.39, 0.29) is 0 Å². The summed E-state index contributed by atoms with van der Waals surface area (Å²) in [5.74, 6) is -0.891. The van der Waals surface area contributed by atoms with Gasteiger partial charge in [-0.25, -0.2) is 0 Å². The third-order valence-electron chi connectivity index (χ3n) is 4.01. The Bertz CT molecular complexity index is 648. The van der Waals surface area contributed by atoms with Gasteiger partial charge in [0.05, 0.1) is 0 Å². The Balaban J connectivity index is 2.01. The fourth-order valence-electron chi connectivity index (χ4n) is 2.87. The Labute approximate surface area is 124 Å². The molecule has 1 heterocycles. The number of fused-ring (bicyclic) bond motifs is 1. The summed E-state index contributed by atoms with van der Waals surface area (Å²) in [6.45, 7) is 2.06. The van der Waals surface area contributed by atoms with Crippen LogP contribution in [-0.2, 0) is 26.5 Å². The topological polar surface area (TPSA) is 35.5 Å². The molecule has 0 N–H and O–H groups in total. The molecule has 0 spiro atoms. The van der Waals surface area contributed by atoms with E-state index in [0.29, 0.717) is 6.42 Å². The Morgan fingerprint density at radius 1 is 1.19 bits per heavy atom. The molecule has 0 amide bonds. The number of hydrogen-bond donors (Lipinski definition) is 0. The highest BCUT2D eigenvalue weighted by atomic mass is 16.7. The first-order chi connectivity index (χ1) is 10.2. The summed E-state index contributed by atoms with van der Waals surface area (Å²) < 4.78 is 11.7. The van der Waals surface area contributed by atoms with Crippen molar-refractivity contribution in [3.05, 3.63) is 70.8 Å². The monoisotopic (exact) mass is 282 g/mol. The van der Waals surface area contributed by atoms with Crippen LogP contribution in [0.5, 0.6) is 0 Å². The van der Waals surface area contributed by atoms with Gasteiger partial charge in [-0.15, -0.1) is 0 Å². The Morgan fingerprint density at radius 3 is 2.57 bits per heavy atom. The van der Waals surface area contributed by atoms with Crippen molar-refractivity contribution in [2.45, 2.75) is 25.2 Å². The summed E-state index contributed by atoms with van der Waals surface area (Å²) in [6, 6.07) is 16.0. The normalized spacial score (nSPS) is 23.8. The second kappa shape index (κ2) is 5.43. The third-order valence-corrected chi connectivity index (χ3v) is 4.01. The molecule has 0 fully saturated rings. The van der Waals surface area contributed by atoms with Gasteiger partial charge in [0.1, 0.15) is 6.10 Å². The van der Waals surface area contributed by atoms with E-state index in [2.05, 4.69) is 31.2 Å². The molecule has 3 heteroatoms. The summed E-state index contributed by atoms with van der Waals surface area (Å²) in [5, 5.41) is 0. The molecule has 0 saturated carbocycles. The summed E-state index contributed by atoms with van der Waals surface area (Å²) in [4.78, 5) is 11.3. The van der Waals surface area contributed by atoms with Crippen LogP contribution in [-0.4, -0.2) is 13.4 Å². The molecule has 0 aromatic heterocycles. The van der Waals surface area contributed by atoms with E-state index in [9.17, 15) is 4.79 Å². The maximum absolute atomic E-state index is 11.3. The van der Waals surface area contributed by atoms with Crippen molar-refractivity contribution in [1.29, 1.82) is 0 Å². The molecule has 0 aliphatic carbocycles. The Hall–Kier alpha value is -1.97. The maximum Gasteiger partial charge on any atom is 0.200 e. The minimum absolute atomic E-state index is 0.563. The van der Waals surface area contributed by atoms with Gasteiger partial charge in [0.2, 0.25) is 0 Å². The lowest BCUT2D eigenvalue weighted by molar-refractivity contribution is -0.234. The second-order valence-corrected chi connectivity index (χ2v) is 5.38. The van der Waals surface area contributed by atoms with Crippen LogP contribution < -0.4 is 0 Å². The van der Waals surface area contributed by atoms with Crippen LogP contribution in [0.15, 0.2) is 48.5 Å². The van der Waals surface area contributed by atoms with Crippen LogP contribution in [0.1, 0.15) is 28.4 Å². The molecule has 108 valence electrons. The number of benzene rings is 2. The van der Waals surface area contributed by atoms with E-state index in [1.54, 1.807) is 7.11 Å². The maximum atomic E-state index is 11.3. The van der Waals surface area contributed by atoms with E-state index >= 15 is 0 Å². The highest BCUT2D eigenvalue weighted by molar-refractivity contribution is 5.63. The van der Waals surface area contributed by atoms with Crippen LogP contribution in [0.4, 0.5) is 0 Å². The first-order valence-electron chi connectivity index (χ1n) is 7.02. The van der Waals surface area contributed by atoms with Gasteiger partial charge in [-0.3, -0.25) is 0 Å². The third kappa shape index (κ3) is 2.39. The van der Waals surface area contributed by atoms with Gasteiger partial charge in [0.15, 0.2) is 12.1 Å². The van der Waals surface area contributed by atoms with E-state index in [1.807, 2.05) is 24.3 Å². The van der Waals surface area contributed by atoms with E-state index in [4.69, 9.17) is 9.47 Å². The lowest BCUT2D eigenvalue weighted by atomic mass is 9.94. The Morgan fingerprint density at radius 2 is 1.90 bits per heavy atom. The van der Waals surface area contributed by atoms with Crippen molar-refractivity contribution < 1.29 is 14.3 Å². The number of carbonyl (C=O) groups is 1. The summed E-state index contributed by atoms with van der Waals surface area (Å²) >= 11 is 0. The molecule has 3 nitrogen and oxygen atoms in total. The Kier molecular flexibility index (Phi) is 3.62. The number of aryl methyl sites for hydroxylation is 1. The van der Waals surface area contributed by atoms with Crippen molar-refractivity contribution in [2.24, 2.45) is 0 Å². The lowest BCUT2D eigenvalue weighted by Gasteiger charge is -2.28. The van der Waals surface area contributed by atoms with Crippen LogP contribution in [0.25, 0.3) is 0 Å².